The average Bonchev–Trinajstić information content (AvgIpc) is 2.74. The topological polar surface area (TPSA) is 0 Å². The van der Waals surface area contributed by atoms with Crippen LogP contribution in [0.2, 0.25) is 0 Å². The van der Waals surface area contributed by atoms with Gasteiger partial charge in [-0.3, -0.25) is 0 Å². The van der Waals surface area contributed by atoms with Crippen LogP contribution in [-0.4, -0.2) is 0 Å². The second-order valence-corrected chi connectivity index (χ2v) is 7.24. The summed E-state index contributed by atoms with van der Waals surface area (Å²) in [5.74, 6) is 0.664. The van der Waals surface area contributed by atoms with Gasteiger partial charge in [-0.25, -0.2) is 0 Å². The Labute approximate surface area is 175 Å². The molecule has 28 heavy (non-hydrogen) atoms. The fourth-order valence-electron chi connectivity index (χ4n) is 2.75. The van der Waals surface area contributed by atoms with Gasteiger partial charge in [0.2, 0.25) is 0 Å². The van der Waals surface area contributed by atoms with Gasteiger partial charge in [0.25, 0.3) is 0 Å². The van der Waals surface area contributed by atoms with Gasteiger partial charge < -0.3 is 0 Å². The van der Waals surface area contributed by atoms with Gasteiger partial charge in [-0.15, -0.1) is 0 Å². The summed E-state index contributed by atoms with van der Waals surface area (Å²) in [6, 6.07) is 20.9. The molecule has 0 aromatic heterocycles. The molecule has 0 amide bonds. The van der Waals surface area contributed by atoms with Gasteiger partial charge in [-0.1, -0.05) is 133 Å². The molecule has 1 unspecified atom stereocenters. The van der Waals surface area contributed by atoms with Gasteiger partial charge in [0, 0.05) is 0 Å². The molecule has 0 radical (unpaired) electrons. The summed E-state index contributed by atoms with van der Waals surface area (Å²) in [6.45, 7) is 17.0. The van der Waals surface area contributed by atoms with Crippen LogP contribution < -0.4 is 0 Å². The molecule has 0 heteroatoms. The Balaban J connectivity index is 0.000000445. The van der Waals surface area contributed by atoms with E-state index in [1.54, 1.807) is 0 Å². The molecule has 0 N–H and O–H groups in total. The second kappa shape index (κ2) is 17.0. The summed E-state index contributed by atoms with van der Waals surface area (Å²) >= 11 is 0. The highest BCUT2D eigenvalue weighted by Gasteiger charge is 2.07. The molecule has 0 saturated heterocycles. The minimum absolute atomic E-state index is 0.664. The number of rotatable bonds is 7. The van der Waals surface area contributed by atoms with E-state index in [0.717, 1.165) is 12.0 Å². The lowest BCUT2D eigenvalue weighted by molar-refractivity contribution is 0.715. The number of benzene rings is 2. The van der Waals surface area contributed by atoms with Crippen molar-refractivity contribution < 1.29 is 0 Å². The molecule has 0 bridgehead atoms. The maximum absolute atomic E-state index is 3.83. The van der Waals surface area contributed by atoms with Crippen molar-refractivity contribution in [1.82, 2.24) is 0 Å². The largest absolute Gasteiger partial charge is 0.0955 e. The normalized spacial score (nSPS) is 11.4. The minimum atomic E-state index is 0.664. The quantitative estimate of drug-likeness (QED) is 0.450. The van der Waals surface area contributed by atoms with Gasteiger partial charge >= 0.3 is 0 Å². The van der Waals surface area contributed by atoms with Crippen LogP contribution in [0.1, 0.15) is 84.8 Å². The van der Waals surface area contributed by atoms with Crippen LogP contribution in [0.3, 0.4) is 0 Å². The van der Waals surface area contributed by atoms with Crippen molar-refractivity contribution in [2.75, 3.05) is 0 Å². The molecule has 1 atom stereocenters. The van der Waals surface area contributed by atoms with E-state index in [2.05, 4.69) is 89.7 Å². The molecule has 2 rings (SSSR count). The predicted octanol–water partition coefficient (Wildman–Crippen LogP) is 9.44. The fourth-order valence-corrected chi connectivity index (χ4v) is 2.75. The van der Waals surface area contributed by atoms with Gasteiger partial charge in [0.05, 0.1) is 0 Å². The molecule has 0 aliphatic carbocycles. The molecule has 2 aromatic rings. The lowest BCUT2D eigenvalue weighted by atomic mass is 9.91. The summed E-state index contributed by atoms with van der Waals surface area (Å²) in [4.78, 5) is 0. The first kappa shape index (κ1) is 25.9. The van der Waals surface area contributed by atoms with Crippen LogP contribution in [0, 0.1) is 5.92 Å². The van der Waals surface area contributed by atoms with E-state index in [1.807, 2.05) is 25.1 Å². The Kier molecular flexibility index (Phi) is 15.8. The zero-order chi connectivity index (χ0) is 21.2. The van der Waals surface area contributed by atoms with Crippen LogP contribution in [-0.2, 0) is 0 Å². The van der Waals surface area contributed by atoms with Gasteiger partial charge in [-0.2, -0.15) is 0 Å². The van der Waals surface area contributed by atoms with Crippen LogP contribution in [0.15, 0.2) is 73.3 Å². The third-order valence-electron chi connectivity index (χ3n) is 4.65. The van der Waals surface area contributed by atoms with Crippen LogP contribution in [0.25, 0.3) is 11.1 Å². The highest BCUT2D eigenvalue weighted by atomic mass is 14.1. The summed E-state index contributed by atoms with van der Waals surface area (Å²) in [5.41, 5.74) is 5.22. The van der Waals surface area contributed by atoms with E-state index in [9.17, 15) is 0 Å². The molecule has 0 saturated carbocycles. The van der Waals surface area contributed by atoms with Crippen molar-refractivity contribution in [2.24, 2.45) is 5.92 Å². The maximum Gasteiger partial charge on any atom is -0.0190 e. The van der Waals surface area contributed by atoms with E-state index in [1.165, 1.54) is 42.4 Å². The zero-order valence-electron chi connectivity index (χ0n) is 19.2. The third-order valence-corrected chi connectivity index (χ3v) is 4.65. The Morgan fingerprint density at radius 2 is 1.29 bits per heavy atom. The van der Waals surface area contributed by atoms with Crippen molar-refractivity contribution in [3.8, 4) is 0 Å². The lowest BCUT2D eigenvalue weighted by Gasteiger charge is -2.14. The highest BCUT2D eigenvalue weighted by Crippen LogP contribution is 2.25. The standard InChI is InChI=1S/C14H20.C9H10.C5H12/c1-4-9-14(12(3)5-2)13-10-7-6-8-11-13;1-8(2)9-6-4-3-5-7-9;1-3-5-4-2/h6-12H,4-5H2,1-3H3;3-7H,1H2,2H3;3-5H2,1-2H3/b14-9-;;. The minimum Gasteiger partial charge on any atom is -0.0955 e. The summed E-state index contributed by atoms with van der Waals surface area (Å²) in [6.07, 6.45) is 8.76. The molecule has 0 heterocycles. The van der Waals surface area contributed by atoms with Crippen molar-refractivity contribution in [2.45, 2.75) is 73.6 Å². The molecule has 0 nitrogen and oxygen atoms in total. The molecule has 0 spiro atoms. The molecule has 0 fully saturated rings. The summed E-state index contributed by atoms with van der Waals surface area (Å²) < 4.78 is 0. The number of hydrogen-bond acceptors (Lipinski definition) is 0. The summed E-state index contributed by atoms with van der Waals surface area (Å²) in [7, 11) is 0. The van der Waals surface area contributed by atoms with Crippen LogP contribution in [0.4, 0.5) is 0 Å². The predicted molar refractivity (Wildman–Crippen MR) is 131 cm³/mol. The molecular formula is C28H42. The van der Waals surface area contributed by atoms with Crippen molar-refractivity contribution in [1.29, 1.82) is 0 Å². The fraction of sp³-hybridized carbons (Fsp3) is 0.429. The van der Waals surface area contributed by atoms with Gasteiger partial charge in [0.1, 0.15) is 0 Å². The number of hydrogen-bond donors (Lipinski definition) is 0. The van der Waals surface area contributed by atoms with Crippen molar-refractivity contribution in [3.63, 3.8) is 0 Å². The number of unbranched alkanes of at least 4 members (excludes halogenated alkanes) is 2. The van der Waals surface area contributed by atoms with Gasteiger partial charge in [-0.05, 0) is 42.4 Å². The first-order chi connectivity index (χ1) is 13.5. The van der Waals surface area contributed by atoms with E-state index >= 15 is 0 Å². The Hall–Kier alpha value is -2.08. The van der Waals surface area contributed by atoms with Crippen molar-refractivity contribution in [3.05, 3.63) is 84.4 Å². The first-order valence-electron chi connectivity index (χ1n) is 11.0. The Bertz CT molecular complexity index is 632. The molecule has 2 aromatic carbocycles. The Morgan fingerprint density at radius 1 is 0.821 bits per heavy atom. The van der Waals surface area contributed by atoms with Gasteiger partial charge in [0.15, 0.2) is 0 Å². The Morgan fingerprint density at radius 3 is 1.57 bits per heavy atom. The maximum atomic E-state index is 3.83. The average molecular weight is 379 g/mol. The van der Waals surface area contributed by atoms with E-state index < -0.39 is 0 Å². The number of allylic oxidation sites excluding steroid dienone is 3. The second-order valence-electron chi connectivity index (χ2n) is 7.24. The third kappa shape index (κ3) is 11.6. The molecule has 154 valence electrons. The SMILES string of the molecule is C=C(C)c1ccccc1.CC/C=C(\c1ccccc1)C(C)CC.CCCCC. The molecule has 0 aliphatic rings. The monoisotopic (exact) mass is 378 g/mol. The first-order valence-corrected chi connectivity index (χ1v) is 11.0. The van der Waals surface area contributed by atoms with E-state index in [0.29, 0.717) is 5.92 Å². The summed E-state index contributed by atoms with van der Waals surface area (Å²) in [5, 5.41) is 0. The molecule has 0 aliphatic heterocycles. The van der Waals surface area contributed by atoms with E-state index in [4.69, 9.17) is 0 Å². The van der Waals surface area contributed by atoms with Crippen molar-refractivity contribution >= 4 is 11.1 Å². The lowest BCUT2D eigenvalue weighted by Crippen LogP contribution is -1.97. The smallest absolute Gasteiger partial charge is 0.0190 e. The van der Waals surface area contributed by atoms with Crippen LogP contribution >= 0.6 is 0 Å². The molecular weight excluding hydrogens is 336 g/mol. The highest BCUT2D eigenvalue weighted by molar-refractivity contribution is 5.67. The zero-order valence-corrected chi connectivity index (χ0v) is 19.2. The van der Waals surface area contributed by atoms with E-state index in [-0.39, 0.29) is 0 Å². The van der Waals surface area contributed by atoms with Crippen LogP contribution in [0.5, 0.6) is 0 Å².